The van der Waals surface area contributed by atoms with Crippen LogP contribution in [0.3, 0.4) is 0 Å². The molecule has 1 aliphatic heterocycles. The first kappa shape index (κ1) is 18.1. The van der Waals surface area contributed by atoms with Gasteiger partial charge in [-0.05, 0) is 30.7 Å². The van der Waals surface area contributed by atoms with E-state index in [2.05, 4.69) is 5.32 Å². The molecule has 0 unspecified atom stereocenters. The molecule has 4 rings (SSSR count). The van der Waals surface area contributed by atoms with Crippen LogP contribution in [-0.4, -0.2) is 24.2 Å². The lowest BCUT2D eigenvalue weighted by Gasteiger charge is -2.23. The minimum atomic E-state index is -0.912. The third kappa shape index (κ3) is 3.70. The van der Waals surface area contributed by atoms with E-state index in [1.165, 1.54) is 0 Å². The number of aryl methyl sites for hydroxylation is 1. The largest absolute Gasteiger partial charge is 0.486 e. The highest BCUT2D eigenvalue weighted by molar-refractivity contribution is 6.05. The molecular weight excluding hydrogens is 354 g/mol. The SMILES string of the molecule is Cc1ccc(C(=O)Nc2cc3c(cc2[C@H](O)c2ccccc2)OCCO3)cc1. The molecule has 0 bridgehead atoms. The van der Waals surface area contributed by atoms with Gasteiger partial charge in [-0.2, -0.15) is 0 Å². The van der Waals surface area contributed by atoms with E-state index < -0.39 is 6.10 Å². The van der Waals surface area contributed by atoms with Crippen LogP contribution in [0.1, 0.15) is 33.2 Å². The monoisotopic (exact) mass is 375 g/mol. The topological polar surface area (TPSA) is 67.8 Å². The zero-order valence-corrected chi connectivity index (χ0v) is 15.5. The quantitative estimate of drug-likeness (QED) is 0.720. The second-order valence-electron chi connectivity index (χ2n) is 6.72. The maximum Gasteiger partial charge on any atom is 0.255 e. The number of hydrogen-bond acceptors (Lipinski definition) is 4. The van der Waals surface area contributed by atoms with Gasteiger partial charge in [0.2, 0.25) is 0 Å². The second kappa shape index (κ2) is 7.74. The Labute approximate surface area is 163 Å². The minimum Gasteiger partial charge on any atom is -0.486 e. The van der Waals surface area contributed by atoms with Crippen molar-refractivity contribution >= 4 is 11.6 Å². The smallest absolute Gasteiger partial charge is 0.255 e. The van der Waals surface area contributed by atoms with Crippen LogP contribution in [0.25, 0.3) is 0 Å². The van der Waals surface area contributed by atoms with E-state index in [1.54, 1.807) is 24.3 Å². The molecule has 5 heteroatoms. The van der Waals surface area contributed by atoms with Crippen molar-refractivity contribution in [1.82, 2.24) is 0 Å². The van der Waals surface area contributed by atoms with Gasteiger partial charge in [-0.3, -0.25) is 4.79 Å². The zero-order chi connectivity index (χ0) is 19.5. The number of anilines is 1. The van der Waals surface area contributed by atoms with Crippen molar-refractivity contribution in [3.63, 3.8) is 0 Å². The molecule has 0 aromatic heterocycles. The summed E-state index contributed by atoms with van der Waals surface area (Å²) in [4.78, 5) is 12.7. The maximum absolute atomic E-state index is 12.7. The van der Waals surface area contributed by atoms with Crippen LogP contribution in [-0.2, 0) is 0 Å². The van der Waals surface area contributed by atoms with Crippen LogP contribution >= 0.6 is 0 Å². The van der Waals surface area contributed by atoms with Gasteiger partial charge < -0.3 is 19.9 Å². The molecule has 142 valence electrons. The van der Waals surface area contributed by atoms with Gasteiger partial charge in [0.15, 0.2) is 11.5 Å². The van der Waals surface area contributed by atoms with Crippen LogP contribution in [0.5, 0.6) is 11.5 Å². The number of amides is 1. The van der Waals surface area contributed by atoms with Gasteiger partial charge in [-0.25, -0.2) is 0 Å². The number of nitrogens with one attached hydrogen (secondary N) is 1. The molecule has 3 aromatic carbocycles. The average Bonchev–Trinajstić information content (AvgIpc) is 2.74. The van der Waals surface area contributed by atoms with E-state index in [9.17, 15) is 9.90 Å². The first-order chi connectivity index (χ1) is 13.6. The van der Waals surface area contributed by atoms with E-state index in [0.717, 1.165) is 11.1 Å². The van der Waals surface area contributed by atoms with Crippen LogP contribution < -0.4 is 14.8 Å². The molecule has 28 heavy (non-hydrogen) atoms. The Hall–Kier alpha value is -3.31. The van der Waals surface area contributed by atoms with Gasteiger partial charge in [0.25, 0.3) is 5.91 Å². The van der Waals surface area contributed by atoms with Crippen molar-refractivity contribution < 1.29 is 19.4 Å². The molecular formula is C23H21NO4. The number of aliphatic hydroxyl groups excluding tert-OH is 1. The molecule has 5 nitrogen and oxygen atoms in total. The fraction of sp³-hybridized carbons (Fsp3) is 0.174. The summed E-state index contributed by atoms with van der Waals surface area (Å²) >= 11 is 0. The Bertz CT molecular complexity index is 983. The summed E-state index contributed by atoms with van der Waals surface area (Å²) in [5, 5.41) is 13.9. The molecule has 0 saturated carbocycles. The average molecular weight is 375 g/mol. The molecule has 3 aromatic rings. The van der Waals surface area contributed by atoms with Crippen LogP contribution in [0, 0.1) is 6.92 Å². The predicted octanol–water partition coefficient (Wildman–Crippen LogP) is 4.10. The Kier molecular flexibility index (Phi) is 5.00. The normalized spacial score (nSPS) is 13.6. The highest BCUT2D eigenvalue weighted by atomic mass is 16.6. The number of carbonyl (C=O) groups is 1. The van der Waals surface area contributed by atoms with E-state index in [4.69, 9.17) is 9.47 Å². The highest BCUT2D eigenvalue weighted by Gasteiger charge is 2.22. The van der Waals surface area contributed by atoms with E-state index in [-0.39, 0.29) is 5.91 Å². The number of ether oxygens (including phenoxy) is 2. The lowest BCUT2D eigenvalue weighted by Crippen LogP contribution is -2.18. The van der Waals surface area contributed by atoms with Crippen molar-refractivity contribution in [2.24, 2.45) is 0 Å². The third-order valence-electron chi connectivity index (χ3n) is 4.69. The standard InChI is InChI=1S/C23H21NO4/c1-15-7-9-17(10-8-15)23(26)24-19-14-21-20(27-11-12-28-21)13-18(19)22(25)16-5-3-2-4-6-16/h2-10,13-14,22,25H,11-12H2,1H3,(H,24,26)/t22-/m1/s1. The predicted molar refractivity (Wildman–Crippen MR) is 107 cm³/mol. The van der Waals surface area contributed by atoms with Crippen molar-refractivity contribution in [2.45, 2.75) is 13.0 Å². The second-order valence-corrected chi connectivity index (χ2v) is 6.72. The van der Waals surface area contributed by atoms with Gasteiger partial charge in [-0.1, -0.05) is 48.0 Å². The Morgan fingerprint density at radius 3 is 2.29 bits per heavy atom. The van der Waals surface area contributed by atoms with Crippen molar-refractivity contribution in [2.75, 3.05) is 18.5 Å². The Morgan fingerprint density at radius 2 is 1.61 bits per heavy atom. The summed E-state index contributed by atoms with van der Waals surface area (Å²) in [6.07, 6.45) is -0.912. The van der Waals surface area contributed by atoms with E-state index in [0.29, 0.717) is 41.5 Å². The number of fused-ring (bicyclic) bond motifs is 1. The maximum atomic E-state index is 12.7. The van der Waals surface area contributed by atoms with Gasteiger partial charge in [0, 0.05) is 17.2 Å². The fourth-order valence-corrected chi connectivity index (χ4v) is 3.15. The van der Waals surface area contributed by atoms with Crippen molar-refractivity contribution in [1.29, 1.82) is 0 Å². The van der Waals surface area contributed by atoms with Gasteiger partial charge in [0.05, 0.1) is 5.69 Å². The number of hydrogen-bond donors (Lipinski definition) is 2. The molecule has 1 heterocycles. The van der Waals surface area contributed by atoms with E-state index in [1.807, 2.05) is 49.4 Å². The van der Waals surface area contributed by atoms with Crippen LogP contribution in [0.4, 0.5) is 5.69 Å². The molecule has 2 N–H and O–H groups in total. The van der Waals surface area contributed by atoms with Gasteiger partial charge in [0.1, 0.15) is 19.3 Å². The summed E-state index contributed by atoms with van der Waals surface area (Å²) in [7, 11) is 0. The first-order valence-electron chi connectivity index (χ1n) is 9.16. The molecule has 0 spiro atoms. The molecule has 0 fully saturated rings. The minimum absolute atomic E-state index is 0.252. The molecule has 1 aliphatic rings. The number of benzene rings is 3. The zero-order valence-electron chi connectivity index (χ0n) is 15.5. The van der Waals surface area contributed by atoms with Crippen LogP contribution in [0.15, 0.2) is 66.7 Å². The van der Waals surface area contributed by atoms with Gasteiger partial charge in [-0.15, -0.1) is 0 Å². The lowest BCUT2D eigenvalue weighted by atomic mass is 9.98. The summed E-state index contributed by atoms with van der Waals surface area (Å²) < 4.78 is 11.3. The van der Waals surface area contributed by atoms with E-state index >= 15 is 0 Å². The van der Waals surface area contributed by atoms with Crippen molar-refractivity contribution in [3.8, 4) is 11.5 Å². The molecule has 1 atom stereocenters. The van der Waals surface area contributed by atoms with Crippen LogP contribution in [0.2, 0.25) is 0 Å². The Morgan fingerprint density at radius 1 is 0.964 bits per heavy atom. The molecule has 0 radical (unpaired) electrons. The van der Waals surface area contributed by atoms with Crippen molar-refractivity contribution in [3.05, 3.63) is 89.0 Å². The molecule has 1 amide bonds. The molecule has 0 aliphatic carbocycles. The summed E-state index contributed by atoms with van der Waals surface area (Å²) in [6, 6.07) is 20.1. The summed E-state index contributed by atoms with van der Waals surface area (Å²) in [5.41, 5.74) is 3.39. The highest BCUT2D eigenvalue weighted by Crippen LogP contribution is 2.39. The third-order valence-corrected chi connectivity index (χ3v) is 4.69. The number of aliphatic hydroxyl groups is 1. The number of carbonyl (C=O) groups excluding carboxylic acids is 1. The first-order valence-corrected chi connectivity index (χ1v) is 9.16. The fourth-order valence-electron chi connectivity index (χ4n) is 3.15. The van der Waals surface area contributed by atoms with Gasteiger partial charge >= 0.3 is 0 Å². The summed E-state index contributed by atoms with van der Waals surface area (Å²) in [5.74, 6) is 0.859. The number of rotatable bonds is 4. The lowest BCUT2D eigenvalue weighted by molar-refractivity contribution is 0.102. The Balaban J connectivity index is 1.72. The molecule has 0 saturated heterocycles. The summed E-state index contributed by atoms with van der Waals surface area (Å²) in [6.45, 7) is 2.86.